The van der Waals surface area contributed by atoms with E-state index in [-0.39, 0.29) is 6.04 Å². The first kappa shape index (κ1) is 10.7. The van der Waals surface area contributed by atoms with Crippen molar-refractivity contribution in [2.24, 2.45) is 5.73 Å². The van der Waals surface area contributed by atoms with Gasteiger partial charge in [-0.3, -0.25) is 0 Å². The highest BCUT2D eigenvalue weighted by Gasteiger charge is 2.18. The topological polar surface area (TPSA) is 63.8 Å². The van der Waals surface area contributed by atoms with E-state index >= 15 is 0 Å². The summed E-state index contributed by atoms with van der Waals surface area (Å²) in [5.74, 6) is 3.82. The standard InChI is InChI=1S/C10H16N4S/c1-6(11)3-12-10-8-4-15-5-9(8)13-7(2)14-10/h6H,3-5,11H2,1-2H3,(H,12,13,14). The van der Waals surface area contributed by atoms with Gasteiger partial charge in [0.25, 0.3) is 0 Å². The van der Waals surface area contributed by atoms with Gasteiger partial charge in [-0.25, -0.2) is 9.97 Å². The first-order valence-electron chi connectivity index (χ1n) is 5.10. The fraction of sp³-hybridized carbons (Fsp3) is 0.600. The second-order valence-corrected chi connectivity index (χ2v) is 4.88. The number of rotatable bonds is 3. The molecule has 1 unspecified atom stereocenters. The molecule has 0 radical (unpaired) electrons. The van der Waals surface area contributed by atoms with Crippen molar-refractivity contribution in [1.29, 1.82) is 0 Å². The summed E-state index contributed by atoms with van der Waals surface area (Å²) in [4.78, 5) is 8.86. The number of thioether (sulfide) groups is 1. The normalized spacial score (nSPS) is 16.2. The van der Waals surface area contributed by atoms with E-state index in [0.717, 1.165) is 29.7 Å². The highest BCUT2D eigenvalue weighted by Crippen LogP contribution is 2.32. The first-order chi connectivity index (χ1) is 7.16. The summed E-state index contributed by atoms with van der Waals surface area (Å²) >= 11 is 1.89. The lowest BCUT2D eigenvalue weighted by Crippen LogP contribution is -2.26. The van der Waals surface area contributed by atoms with Crippen molar-refractivity contribution in [3.05, 3.63) is 17.1 Å². The number of aromatic nitrogens is 2. The van der Waals surface area contributed by atoms with Crippen LogP contribution in [0.1, 0.15) is 24.0 Å². The highest BCUT2D eigenvalue weighted by molar-refractivity contribution is 7.98. The summed E-state index contributed by atoms with van der Waals surface area (Å²) < 4.78 is 0. The van der Waals surface area contributed by atoms with Crippen molar-refractivity contribution in [1.82, 2.24) is 9.97 Å². The van der Waals surface area contributed by atoms with Crippen LogP contribution >= 0.6 is 11.8 Å². The van der Waals surface area contributed by atoms with E-state index in [2.05, 4.69) is 15.3 Å². The van der Waals surface area contributed by atoms with Crippen LogP contribution in [0.4, 0.5) is 5.82 Å². The van der Waals surface area contributed by atoms with Gasteiger partial charge < -0.3 is 11.1 Å². The van der Waals surface area contributed by atoms with Crippen LogP contribution in [0.25, 0.3) is 0 Å². The maximum atomic E-state index is 5.71. The molecular weight excluding hydrogens is 208 g/mol. The Labute approximate surface area is 94.1 Å². The van der Waals surface area contributed by atoms with Crippen molar-refractivity contribution < 1.29 is 0 Å². The molecule has 0 saturated heterocycles. The minimum Gasteiger partial charge on any atom is -0.368 e. The van der Waals surface area contributed by atoms with Gasteiger partial charge in [-0.1, -0.05) is 0 Å². The van der Waals surface area contributed by atoms with Crippen molar-refractivity contribution in [3.63, 3.8) is 0 Å². The predicted molar refractivity (Wildman–Crippen MR) is 63.9 cm³/mol. The van der Waals surface area contributed by atoms with E-state index < -0.39 is 0 Å². The Morgan fingerprint density at radius 1 is 1.47 bits per heavy atom. The summed E-state index contributed by atoms with van der Waals surface area (Å²) in [5, 5.41) is 3.30. The molecule has 1 aromatic heterocycles. The monoisotopic (exact) mass is 224 g/mol. The third-order valence-electron chi connectivity index (χ3n) is 2.28. The average molecular weight is 224 g/mol. The van der Waals surface area contributed by atoms with E-state index in [4.69, 9.17) is 5.73 Å². The van der Waals surface area contributed by atoms with Crippen LogP contribution in [0.2, 0.25) is 0 Å². The third-order valence-corrected chi connectivity index (χ3v) is 3.25. The average Bonchev–Trinajstić information content (AvgIpc) is 2.61. The van der Waals surface area contributed by atoms with Gasteiger partial charge in [0.05, 0.1) is 5.69 Å². The molecule has 1 atom stereocenters. The molecule has 0 amide bonds. The Kier molecular flexibility index (Phi) is 3.11. The summed E-state index contributed by atoms with van der Waals surface area (Å²) in [5.41, 5.74) is 8.15. The molecule has 82 valence electrons. The zero-order chi connectivity index (χ0) is 10.8. The molecule has 1 aromatic rings. The van der Waals surface area contributed by atoms with Crippen molar-refractivity contribution in [2.45, 2.75) is 31.4 Å². The highest BCUT2D eigenvalue weighted by atomic mass is 32.2. The summed E-state index contributed by atoms with van der Waals surface area (Å²) in [6, 6.07) is 0.143. The lowest BCUT2D eigenvalue weighted by Gasteiger charge is -2.12. The van der Waals surface area contributed by atoms with Crippen molar-refractivity contribution in [3.8, 4) is 0 Å². The number of hydrogen-bond donors (Lipinski definition) is 2. The molecule has 1 aliphatic rings. The van der Waals surface area contributed by atoms with Gasteiger partial charge in [-0.05, 0) is 13.8 Å². The zero-order valence-corrected chi connectivity index (χ0v) is 9.90. The second kappa shape index (κ2) is 4.37. The fourth-order valence-electron chi connectivity index (χ4n) is 1.58. The van der Waals surface area contributed by atoms with Crippen molar-refractivity contribution >= 4 is 17.6 Å². The quantitative estimate of drug-likeness (QED) is 0.810. The molecule has 2 heterocycles. The Balaban J connectivity index is 2.22. The summed E-state index contributed by atoms with van der Waals surface area (Å²) in [6.45, 7) is 4.67. The molecule has 2 rings (SSSR count). The first-order valence-corrected chi connectivity index (χ1v) is 6.26. The van der Waals surface area contributed by atoms with Gasteiger partial charge in [-0.2, -0.15) is 11.8 Å². The van der Waals surface area contributed by atoms with Crippen LogP contribution in [0, 0.1) is 6.92 Å². The minimum atomic E-state index is 0.143. The van der Waals surface area contributed by atoms with Crippen LogP contribution in [0.5, 0.6) is 0 Å². The fourth-order valence-corrected chi connectivity index (χ4v) is 2.62. The van der Waals surface area contributed by atoms with E-state index in [1.54, 1.807) is 0 Å². The Bertz CT molecular complexity index is 365. The Hall–Kier alpha value is -0.810. The molecule has 0 saturated carbocycles. The zero-order valence-electron chi connectivity index (χ0n) is 9.08. The number of aryl methyl sites for hydroxylation is 1. The molecule has 15 heavy (non-hydrogen) atoms. The van der Waals surface area contributed by atoms with Gasteiger partial charge in [0.15, 0.2) is 0 Å². The van der Waals surface area contributed by atoms with Gasteiger partial charge in [0.2, 0.25) is 0 Å². The van der Waals surface area contributed by atoms with Crippen LogP contribution in [0.3, 0.4) is 0 Å². The molecule has 0 fully saturated rings. The third kappa shape index (κ3) is 2.41. The minimum absolute atomic E-state index is 0.143. The Morgan fingerprint density at radius 3 is 3.00 bits per heavy atom. The molecule has 5 heteroatoms. The van der Waals surface area contributed by atoms with Gasteiger partial charge in [0.1, 0.15) is 11.6 Å². The molecular formula is C10H16N4S. The SMILES string of the molecule is Cc1nc2c(c(NCC(C)N)n1)CSC2. The molecule has 3 N–H and O–H groups in total. The molecule has 0 spiro atoms. The maximum Gasteiger partial charge on any atom is 0.134 e. The van der Waals surface area contributed by atoms with Crippen LogP contribution in [-0.2, 0) is 11.5 Å². The maximum absolute atomic E-state index is 5.71. The number of nitrogens with one attached hydrogen (secondary N) is 1. The number of nitrogens with zero attached hydrogens (tertiary/aromatic N) is 2. The van der Waals surface area contributed by atoms with Crippen LogP contribution in [-0.4, -0.2) is 22.6 Å². The number of anilines is 1. The molecule has 0 bridgehead atoms. The lowest BCUT2D eigenvalue weighted by molar-refractivity contribution is 0.774. The predicted octanol–water partition coefficient (Wildman–Crippen LogP) is 1.29. The molecule has 0 aliphatic carbocycles. The molecule has 4 nitrogen and oxygen atoms in total. The summed E-state index contributed by atoms with van der Waals surface area (Å²) in [7, 11) is 0. The molecule has 0 aromatic carbocycles. The van der Waals surface area contributed by atoms with E-state index in [1.807, 2.05) is 25.6 Å². The van der Waals surface area contributed by atoms with E-state index in [1.165, 1.54) is 11.3 Å². The van der Waals surface area contributed by atoms with Crippen LogP contribution < -0.4 is 11.1 Å². The van der Waals surface area contributed by atoms with Crippen LogP contribution in [0.15, 0.2) is 0 Å². The van der Waals surface area contributed by atoms with Gasteiger partial charge in [-0.15, -0.1) is 0 Å². The van der Waals surface area contributed by atoms with E-state index in [0.29, 0.717) is 0 Å². The largest absolute Gasteiger partial charge is 0.368 e. The van der Waals surface area contributed by atoms with Gasteiger partial charge >= 0.3 is 0 Å². The number of nitrogens with two attached hydrogens (primary N) is 1. The number of fused-ring (bicyclic) bond motifs is 1. The molecule has 1 aliphatic heterocycles. The smallest absolute Gasteiger partial charge is 0.134 e. The lowest BCUT2D eigenvalue weighted by atomic mass is 10.2. The van der Waals surface area contributed by atoms with E-state index in [9.17, 15) is 0 Å². The number of hydrogen-bond acceptors (Lipinski definition) is 5. The van der Waals surface area contributed by atoms with Crippen molar-refractivity contribution in [2.75, 3.05) is 11.9 Å². The van der Waals surface area contributed by atoms with Gasteiger partial charge in [0, 0.05) is 29.7 Å². The Morgan fingerprint density at radius 2 is 2.27 bits per heavy atom. The summed E-state index contributed by atoms with van der Waals surface area (Å²) in [6.07, 6.45) is 0. The second-order valence-electron chi connectivity index (χ2n) is 3.90.